The highest BCUT2D eigenvalue weighted by Gasteiger charge is 2.36. The molecule has 20 heavy (non-hydrogen) atoms. The van der Waals surface area contributed by atoms with E-state index in [1.165, 1.54) is 6.07 Å². The number of rotatable bonds is 2. The highest BCUT2D eigenvalue weighted by Crippen LogP contribution is 2.31. The van der Waals surface area contributed by atoms with Crippen LogP contribution in [0.2, 0.25) is 0 Å². The predicted molar refractivity (Wildman–Crippen MR) is 77.7 cm³/mol. The number of sulfonamides is 1. The Bertz CT molecular complexity index is 636. The molecule has 1 aromatic rings. The van der Waals surface area contributed by atoms with Gasteiger partial charge in [0.2, 0.25) is 10.0 Å². The van der Waals surface area contributed by atoms with Gasteiger partial charge in [-0.3, -0.25) is 0 Å². The van der Waals surface area contributed by atoms with Crippen LogP contribution in [-0.4, -0.2) is 24.8 Å². The fraction of sp³-hybridized carbons (Fsp3) is 0.533. The minimum Gasteiger partial charge on any atom is -0.207 e. The summed E-state index contributed by atoms with van der Waals surface area (Å²) in [4.78, 5) is 0.261. The van der Waals surface area contributed by atoms with Gasteiger partial charge in [0, 0.05) is 12.1 Å². The summed E-state index contributed by atoms with van der Waals surface area (Å²) in [5.41, 5.74) is 1.07. The number of benzene rings is 1. The summed E-state index contributed by atoms with van der Waals surface area (Å²) >= 11 is 0. The van der Waals surface area contributed by atoms with E-state index in [-0.39, 0.29) is 17.0 Å². The van der Waals surface area contributed by atoms with E-state index in [0.717, 1.165) is 19.3 Å². The summed E-state index contributed by atoms with van der Waals surface area (Å²) < 4.78 is 27.4. The van der Waals surface area contributed by atoms with Gasteiger partial charge in [-0.15, -0.1) is 0 Å². The van der Waals surface area contributed by atoms with Crippen LogP contribution in [0.3, 0.4) is 0 Å². The number of aryl methyl sites for hydroxylation is 1. The Morgan fingerprint density at radius 1 is 1.25 bits per heavy atom. The van der Waals surface area contributed by atoms with Gasteiger partial charge in [-0.05, 0) is 51.3 Å². The lowest BCUT2D eigenvalue weighted by Crippen LogP contribution is -2.47. The number of hydrogen-bond donors (Lipinski definition) is 0. The number of piperidine rings is 1. The first-order chi connectivity index (χ1) is 9.37. The van der Waals surface area contributed by atoms with Gasteiger partial charge in [0.1, 0.15) is 0 Å². The highest BCUT2D eigenvalue weighted by atomic mass is 32.2. The average molecular weight is 292 g/mol. The maximum Gasteiger partial charge on any atom is 0.243 e. The first-order valence-electron chi connectivity index (χ1n) is 6.92. The summed E-state index contributed by atoms with van der Waals surface area (Å²) in [6.45, 7) is 5.68. The molecule has 2 atom stereocenters. The maximum absolute atomic E-state index is 12.9. The van der Waals surface area contributed by atoms with Crippen molar-refractivity contribution in [1.29, 1.82) is 5.26 Å². The first-order valence-corrected chi connectivity index (χ1v) is 8.36. The van der Waals surface area contributed by atoms with Crippen molar-refractivity contribution in [1.82, 2.24) is 4.31 Å². The summed E-state index contributed by atoms with van der Waals surface area (Å²) in [6, 6.07) is 6.86. The molecule has 1 aliphatic rings. The van der Waals surface area contributed by atoms with Crippen molar-refractivity contribution < 1.29 is 8.42 Å². The largest absolute Gasteiger partial charge is 0.243 e. The van der Waals surface area contributed by atoms with Crippen molar-refractivity contribution in [2.45, 2.75) is 57.0 Å². The smallest absolute Gasteiger partial charge is 0.207 e. The molecule has 2 rings (SSSR count). The van der Waals surface area contributed by atoms with Gasteiger partial charge in [0.25, 0.3) is 0 Å². The Hall–Kier alpha value is -1.38. The van der Waals surface area contributed by atoms with Crippen molar-refractivity contribution in [3.05, 3.63) is 29.3 Å². The van der Waals surface area contributed by atoms with E-state index >= 15 is 0 Å². The molecule has 1 aromatic carbocycles. The monoisotopic (exact) mass is 292 g/mol. The molecule has 2 unspecified atom stereocenters. The van der Waals surface area contributed by atoms with Crippen LogP contribution in [0.15, 0.2) is 23.1 Å². The molecule has 1 heterocycles. The van der Waals surface area contributed by atoms with Gasteiger partial charge in [-0.2, -0.15) is 9.57 Å². The van der Waals surface area contributed by atoms with Crippen LogP contribution in [-0.2, 0) is 10.0 Å². The molecule has 1 fully saturated rings. The summed E-state index contributed by atoms with van der Waals surface area (Å²) in [5.74, 6) is 0. The zero-order valence-corrected chi connectivity index (χ0v) is 12.9. The van der Waals surface area contributed by atoms with Crippen molar-refractivity contribution in [3.8, 4) is 6.07 Å². The van der Waals surface area contributed by atoms with E-state index in [1.54, 1.807) is 23.4 Å². The first kappa shape index (κ1) is 15.0. The Morgan fingerprint density at radius 3 is 2.40 bits per heavy atom. The topological polar surface area (TPSA) is 61.2 Å². The van der Waals surface area contributed by atoms with Gasteiger partial charge in [0.05, 0.1) is 16.5 Å². The second-order valence-corrected chi connectivity index (χ2v) is 7.37. The molecule has 0 aromatic heterocycles. The second-order valence-electron chi connectivity index (χ2n) is 5.56. The molecule has 108 valence electrons. The van der Waals surface area contributed by atoms with E-state index in [4.69, 9.17) is 5.26 Å². The van der Waals surface area contributed by atoms with Crippen LogP contribution < -0.4 is 0 Å². The fourth-order valence-corrected chi connectivity index (χ4v) is 5.07. The third-order valence-electron chi connectivity index (χ3n) is 3.99. The van der Waals surface area contributed by atoms with Gasteiger partial charge in [0.15, 0.2) is 0 Å². The zero-order chi connectivity index (χ0) is 14.9. The number of nitriles is 1. The third-order valence-corrected chi connectivity index (χ3v) is 6.26. The van der Waals surface area contributed by atoms with E-state index in [0.29, 0.717) is 11.1 Å². The Kier molecular flexibility index (Phi) is 4.17. The minimum absolute atomic E-state index is 0.00823. The molecule has 1 aliphatic heterocycles. The van der Waals surface area contributed by atoms with E-state index < -0.39 is 10.0 Å². The minimum atomic E-state index is -3.54. The lowest BCUT2D eigenvalue weighted by atomic mass is 10.0. The van der Waals surface area contributed by atoms with Crippen molar-refractivity contribution in [3.63, 3.8) is 0 Å². The van der Waals surface area contributed by atoms with Crippen LogP contribution in [0.1, 0.15) is 44.2 Å². The summed E-state index contributed by atoms with van der Waals surface area (Å²) in [5, 5.41) is 8.97. The standard InChI is InChI=1S/C15H20N2O2S/c1-11-7-8-14(10-16)9-15(11)20(18,19)17-12(2)5-4-6-13(17)3/h7-9,12-13H,4-6H2,1-3H3. The van der Waals surface area contributed by atoms with Crippen LogP contribution in [0, 0.1) is 18.3 Å². The van der Waals surface area contributed by atoms with Crippen LogP contribution >= 0.6 is 0 Å². The molecule has 0 radical (unpaired) electrons. The van der Waals surface area contributed by atoms with E-state index in [2.05, 4.69) is 0 Å². The molecule has 0 spiro atoms. The van der Waals surface area contributed by atoms with Gasteiger partial charge >= 0.3 is 0 Å². The highest BCUT2D eigenvalue weighted by molar-refractivity contribution is 7.89. The molecule has 0 N–H and O–H groups in total. The Labute approximate surface area is 121 Å². The quantitative estimate of drug-likeness (QED) is 0.842. The van der Waals surface area contributed by atoms with Gasteiger partial charge in [-0.25, -0.2) is 8.42 Å². The summed E-state index contributed by atoms with van der Waals surface area (Å²) in [7, 11) is -3.54. The summed E-state index contributed by atoms with van der Waals surface area (Å²) in [6.07, 6.45) is 2.84. The molecular weight excluding hydrogens is 272 g/mol. The van der Waals surface area contributed by atoms with E-state index in [9.17, 15) is 8.42 Å². The molecule has 5 heteroatoms. The SMILES string of the molecule is Cc1ccc(C#N)cc1S(=O)(=O)N1C(C)CCCC1C. The third kappa shape index (κ3) is 2.58. The second kappa shape index (κ2) is 5.55. The molecule has 4 nitrogen and oxygen atoms in total. The molecular formula is C15H20N2O2S. The van der Waals surface area contributed by atoms with Gasteiger partial charge < -0.3 is 0 Å². The number of nitrogens with zero attached hydrogens (tertiary/aromatic N) is 2. The van der Waals surface area contributed by atoms with Gasteiger partial charge in [-0.1, -0.05) is 12.5 Å². The van der Waals surface area contributed by atoms with Crippen LogP contribution in [0.25, 0.3) is 0 Å². The molecule has 1 saturated heterocycles. The molecule has 0 saturated carbocycles. The normalized spacial score (nSPS) is 24.3. The molecule has 0 bridgehead atoms. The fourth-order valence-electron chi connectivity index (χ4n) is 2.93. The van der Waals surface area contributed by atoms with E-state index in [1.807, 2.05) is 19.9 Å². The molecule has 0 aliphatic carbocycles. The van der Waals surface area contributed by atoms with Crippen LogP contribution in [0.5, 0.6) is 0 Å². The predicted octanol–water partition coefficient (Wildman–Crippen LogP) is 2.82. The number of hydrogen-bond acceptors (Lipinski definition) is 3. The zero-order valence-electron chi connectivity index (χ0n) is 12.1. The average Bonchev–Trinajstić information content (AvgIpc) is 2.38. The lowest BCUT2D eigenvalue weighted by molar-refractivity contribution is 0.204. The van der Waals surface area contributed by atoms with Crippen molar-refractivity contribution in [2.75, 3.05) is 0 Å². The van der Waals surface area contributed by atoms with Crippen molar-refractivity contribution in [2.24, 2.45) is 0 Å². The van der Waals surface area contributed by atoms with Crippen LogP contribution in [0.4, 0.5) is 0 Å². The molecule has 0 amide bonds. The lowest BCUT2D eigenvalue weighted by Gasteiger charge is -2.38. The Morgan fingerprint density at radius 2 is 1.85 bits per heavy atom. The van der Waals surface area contributed by atoms with Crippen molar-refractivity contribution >= 4 is 10.0 Å². The Balaban J connectivity index is 2.52. The maximum atomic E-state index is 12.9.